The van der Waals surface area contributed by atoms with Crippen molar-refractivity contribution in [3.05, 3.63) is 42.0 Å². The highest BCUT2D eigenvalue weighted by atomic mass is 16.5. The van der Waals surface area contributed by atoms with Gasteiger partial charge in [-0.3, -0.25) is 4.79 Å². The monoisotopic (exact) mass is 287 g/mol. The van der Waals surface area contributed by atoms with Crippen molar-refractivity contribution >= 4 is 11.7 Å². The van der Waals surface area contributed by atoms with Crippen LogP contribution in [0.25, 0.3) is 0 Å². The average molecular weight is 287 g/mol. The van der Waals surface area contributed by atoms with Gasteiger partial charge in [-0.1, -0.05) is 37.6 Å². The number of nitrogens with zero attached hydrogens (tertiary/aromatic N) is 1. The predicted octanol–water partition coefficient (Wildman–Crippen LogP) is 3.65. The molecular formula is C18H25NO2. The lowest BCUT2D eigenvalue weighted by atomic mass is 10.1. The van der Waals surface area contributed by atoms with E-state index in [-0.39, 0.29) is 12.6 Å². The normalized spacial score (nSPS) is 15.4. The standard InChI is InChI=1S/C18H25NO2/c1-3-12-21-18(20)14-16-9-8-15(2)13-17(16)19-10-6-4-5-7-11-19/h3,8-9,13H,1,4-7,10-12,14H2,2H3. The minimum atomic E-state index is -0.185. The van der Waals surface area contributed by atoms with E-state index in [1.807, 2.05) is 0 Å². The maximum atomic E-state index is 11.9. The molecule has 1 heterocycles. The van der Waals surface area contributed by atoms with Gasteiger partial charge >= 0.3 is 5.97 Å². The molecular weight excluding hydrogens is 262 g/mol. The molecule has 1 fully saturated rings. The van der Waals surface area contributed by atoms with Gasteiger partial charge < -0.3 is 9.64 Å². The second-order valence-electron chi connectivity index (χ2n) is 5.68. The number of benzene rings is 1. The van der Waals surface area contributed by atoms with Crippen LogP contribution in [0.5, 0.6) is 0 Å². The summed E-state index contributed by atoms with van der Waals surface area (Å²) in [5, 5.41) is 0. The van der Waals surface area contributed by atoms with E-state index in [9.17, 15) is 4.79 Å². The van der Waals surface area contributed by atoms with Gasteiger partial charge in [0.25, 0.3) is 0 Å². The van der Waals surface area contributed by atoms with Gasteiger partial charge in [0, 0.05) is 18.8 Å². The van der Waals surface area contributed by atoms with Crippen molar-refractivity contribution in [2.75, 3.05) is 24.6 Å². The Kier molecular flexibility index (Phi) is 5.85. The third-order valence-electron chi connectivity index (χ3n) is 3.88. The zero-order chi connectivity index (χ0) is 15.1. The highest BCUT2D eigenvalue weighted by Gasteiger charge is 2.16. The fourth-order valence-corrected chi connectivity index (χ4v) is 2.79. The highest BCUT2D eigenvalue weighted by molar-refractivity contribution is 5.75. The zero-order valence-corrected chi connectivity index (χ0v) is 12.9. The van der Waals surface area contributed by atoms with Gasteiger partial charge in [0.15, 0.2) is 0 Å². The number of carbonyl (C=O) groups is 1. The van der Waals surface area contributed by atoms with Gasteiger partial charge in [0.2, 0.25) is 0 Å². The van der Waals surface area contributed by atoms with Gasteiger partial charge in [-0.2, -0.15) is 0 Å². The van der Waals surface area contributed by atoms with Crippen molar-refractivity contribution in [3.8, 4) is 0 Å². The van der Waals surface area contributed by atoms with Crippen LogP contribution >= 0.6 is 0 Å². The van der Waals surface area contributed by atoms with E-state index < -0.39 is 0 Å². The zero-order valence-electron chi connectivity index (χ0n) is 12.9. The Balaban J connectivity index is 2.16. The van der Waals surface area contributed by atoms with E-state index >= 15 is 0 Å². The van der Waals surface area contributed by atoms with E-state index in [1.165, 1.54) is 36.9 Å². The molecule has 1 aromatic rings. The number of rotatable bonds is 5. The van der Waals surface area contributed by atoms with Crippen LogP contribution < -0.4 is 4.90 Å². The Morgan fingerprint density at radius 1 is 1.29 bits per heavy atom. The van der Waals surface area contributed by atoms with Crippen molar-refractivity contribution < 1.29 is 9.53 Å². The summed E-state index contributed by atoms with van der Waals surface area (Å²) in [6.45, 7) is 8.11. The first-order chi connectivity index (χ1) is 10.2. The van der Waals surface area contributed by atoms with Crippen molar-refractivity contribution in [1.82, 2.24) is 0 Å². The average Bonchev–Trinajstić information content (AvgIpc) is 2.76. The molecule has 1 saturated heterocycles. The molecule has 0 aliphatic carbocycles. The molecule has 0 radical (unpaired) electrons. The van der Waals surface area contributed by atoms with E-state index in [1.54, 1.807) is 6.08 Å². The van der Waals surface area contributed by atoms with Crippen molar-refractivity contribution in [3.63, 3.8) is 0 Å². The number of hydrogen-bond acceptors (Lipinski definition) is 3. The number of hydrogen-bond donors (Lipinski definition) is 0. The Bertz CT molecular complexity index is 488. The molecule has 21 heavy (non-hydrogen) atoms. The molecule has 1 aliphatic heterocycles. The maximum Gasteiger partial charge on any atom is 0.310 e. The Morgan fingerprint density at radius 2 is 2.00 bits per heavy atom. The van der Waals surface area contributed by atoms with Gasteiger partial charge in [0.05, 0.1) is 6.42 Å². The summed E-state index contributed by atoms with van der Waals surface area (Å²) in [6.07, 6.45) is 7.00. The third kappa shape index (κ3) is 4.62. The van der Waals surface area contributed by atoms with E-state index in [4.69, 9.17) is 4.74 Å². The molecule has 1 aromatic carbocycles. The summed E-state index contributed by atoms with van der Waals surface area (Å²) < 4.78 is 5.12. The minimum Gasteiger partial charge on any atom is -0.461 e. The summed E-state index contributed by atoms with van der Waals surface area (Å²) in [5.41, 5.74) is 3.50. The molecule has 0 spiro atoms. The molecule has 3 nitrogen and oxygen atoms in total. The summed E-state index contributed by atoms with van der Waals surface area (Å²) in [6, 6.07) is 6.32. The summed E-state index contributed by atoms with van der Waals surface area (Å²) in [4.78, 5) is 14.3. The number of aryl methyl sites for hydroxylation is 1. The fourth-order valence-electron chi connectivity index (χ4n) is 2.79. The third-order valence-corrected chi connectivity index (χ3v) is 3.88. The highest BCUT2D eigenvalue weighted by Crippen LogP contribution is 2.26. The van der Waals surface area contributed by atoms with Crippen LogP contribution in [-0.4, -0.2) is 25.7 Å². The predicted molar refractivity (Wildman–Crippen MR) is 86.7 cm³/mol. The van der Waals surface area contributed by atoms with Gasteiger partial charge in [0.1, 0.15) is 6.61 Å². The molecule has 1 aliphatic rings. The molecule has 0 N–H and O–H groups in total. The van der Waals surface area contributed by atoms with Crippen LogP contribution in [0.15, 0.2) is 30.9 Å². The number of esters is 1. The van der Waals surface area contributed by atoms with E-state index in [0.29, 0.717) is 6.42 Å². The van der Waals surface area contributed by atoms with Crippen LogP contribution in [0.3, 0.4) is 0 Å². The number of anilines is 1. The minimum absolute atomic E-state index is 0.185. The van der Waals surface area contributed by atoms with E-state index in [2.05, 4.69) is 36.6 Å². The van der Waals surface area contributed by atoms with Crippen LogP contribution in [0.4, 0.5) is 5.69 Å². The number of carbonyl (C=O) groups excluding carboxylic acids is 1. The van der Waals surface area contributed by atoms with Crippen LogP contribution in [0.2, 0.25) is 0 Å². The topological polar surface area (TPSA) is 29.5 Å². The lowest BCUT2D eigenvalue weighted by Crippen LogP contribution is -2.25. The lowest BCUT2D eigenvalue weighted by molar-refractivity contribution is -0.141. The SMILES string of the molecule is C=CCOC(=O)Cc1ccc(C)cc1N1CCCCCC1. The first kappa shape index (κ1) is 15.6. The summed E-state index contributed by atoms with van der Waals surface area (Å²) in [5.74, 6) is -0.185. The van der Waals surface area contributed by atoms with E-state index in [0.717, 1.165) is 18.7 Å². The van der Waals surface area contributed by atoms with Crippen molar-refractivity contribution in [2.45, 2.75) is 39.0 Å². The molecule has 0 bridgehead atoms. The molecule has 114 valence electrons. The molecule has 0 aromatic heterocycles. The first-order valence-corrected chi connectivity index (χ1v) is 7.81. The smallest absolute Gasteiger partial charge is 0.310 e. The van der Waals surface area contributed by atoms with Crippen molar-refractivity contribution in [2.24, 2.45) is 0 Å². The Morgan fingerprint density at radius 3 is 2.67 bits per heavy atom. The molecule has 2 rings (SSSR count). The molecule has 0 atom stereocenters. The summed E-state index contributed by atoms with van der Waals surface area (Å²) >= 11 is 0. The molecule has 3 heteroatoms. The quantitative estimate of drug-likeness (QED) is 0.611. The Hall–Kier alpha value is -1.77. The second kappa shape index (κ2) is 7.87. The molecule has 0 unspecified atom stereocenters. The van der Waals surface area contributed by atoms with Crippen LogP contribution in [0.1, 0.15) is 36.8 Å². The fraction of sp³-hybridized carbons (Fsp3) is 0.500. The van der Waals surface area contributed by atoms with Crippen LogP contribution in [-0.2, 0) is 16.0 Å². The summed E-state index contributed by atoms with van der Waals surface area (Å²) in [7, 11) is 0. The first-order valence-electron chi connectivity index (χ1n) is 7.81. The van der Waals surface area contributed by atoms with Gasteiger partial charge in [-0.05, 0) is 37.0 Å². The Labute approximate surface area is 127 Å². The van der Waals surface area contributed by atoms with Gasteiger partial charge in [-0.25, -0.2) is 0 Å². The largest absolute Gasteiger partial charge is 0.461 e. The van der Waals surface area contributed by atoms with Gasteiger partial charge in [-0.15, -0.1) is 0 Å². The lowest BCUT2D eigenvalue weighted by Gasteiger charge is -2.26. The van der Waals surface area contributed by atoms with Crippen LogP contribution in [0, 0.1) is 6.92 Å². The maximum absolute atomic E-state index is 11.9. The molecule has 0 amide bonds. The van der Waals surface area contributed by atoms with Crippen molar-refractivity contribution in [1.29, 1.82) is 0 Å². The number of ether oxygens (including phenoxy) is 1. The second-order valence-corrected chi connectivity index (χ2v) is 5.68. The molecule has 0 saturated carbocycles.